The van der Waals surface area contributed by atoms with E-state index in [2.05, 4.69) is 15.5 Å². The summed E-state index contributed by atoms with van der Waals surface area (Å²) in [5, 5.41) is 11.3. The highest BCUT2D eigenvalue weighted by Crippen LogP contribution is 2.25. The van der Waals surface area contributed by atoms with Gasteiger partial charge in [-0.25, -0.2) is 0 Å². The van der Waals surface area contributed by atoms with Crippen LogP contribution in [0.2, 0.25) is 0 Å². The highest BCUT2D eigenvalue weighted by Gasteiger charge is 2.14. The van der Waals surface area contributed by atoms with Crippen LogP contribution in [0.1, 0.15) is 10.5 Å². The molecule has 3 aromatic rings. The van der Waals surface area contributed by atoms with Crippen molar-refractivity contribution in [3.63, 3.8) is 0 Å². The van der Waals surface area contributed by atoms with Crippen molar-refractivity contribution in [1.82, 2.24) is 19.6 Å². The molecule has 2 aromatic heterocycles. The minimum Gasteiger partial charge on any atom is -0.497 e. The summed E-state index contributed by atoms with van der Waals surface area (Å²) in [6, 6.07) is 11.1. The van der Waals surface area contributed by atoms with Crippen LogP contribution in [-0.2, 0) is 14.1 Å². The Morgan fingerprint density at radius 1 is 1.17 bits per heavy atom. The van der Waals surface area contributed by atoms with E-state index in [1.54, 1.807) is 38.2 Å². The van der Waals surface area contributed by atoms with Gasteiger partial charge in [-0.1, -0.05) is 12.1 Å². The van der Waals surface area contributed by atoms with Crippen molar-refractivity contribution in [3.8, 4) is 17.0 Å². The first kappa shape index (κ1) is 14.8. The summed E-state index contributed by atoms with van der Waals surface area (Å²) in [6.07, 6.45) is 1.58. The fourth-order valence-electron chi connectivity index (χ4n) is 2.28. The number of carbonyl (C=O) groups is 1. The second-order valence-electron chi connectivity index (χ2n) is 5.06. The summed E-state index contributed by atoms with van der Waals surface area (Å²) in [4.78, 5) is 12.3. The van der Waals surface area contributed by atoms with Gasteiger partial charge in [0.15, 0.2) is 0 Å². The number of amides is 1. The summed E-state index contributed by atoms with van der Waals surface area (Å²) in [5.41, 5.74) is 2.15. The van der Waals surface area contributed by atoms with Crippen LogP contribution in [-0.4, -0.2) is 32.6 Å². The molecule has 0 aliphatic rings. The molecule has 1 amide bonds. The molecule has 0 spiro atoms. The molecule has 0 bridgehead atoms. The average molecular weight is 311 g/mol. The Bertz CT molecular complexity index is 850. The Morgan fingerprint density at radius 3 is 2.70 bits per heavy atom. The molecule has 0 aliphatic carbocycles. The summed E-state index contributed by atoms with van der Waals surface area (Å²) < 4.78 is 8.38. The van der Waals surface area contributed by atoms with Crippen LogP contribution in [0.5, 0.6) is 5.75 Å². The number of rotatable bonds is 4. The van der Waals surface area contributed by atoms with E-state index in [-0.39, 0.29) is 5.91 Å². The average Bonchev–Trinajstić information content (AvgIpc) is 3.14. The zero-order valence-corrected chi connectivity index (χ0v) is 13.1. The molecule has 0 fully saturated rings. The number of methoxy groups -OCH3 is 1. The molecular formula is C16H17N5O2. The molecule has 3 rings (SSSR count). The third-order valence-electron chi connectivity index (χ3n) is 3.54. The number of nitrogens with one attached hydrogen (secondary N) is 1. The molecular weight excluding hydrogens is 294 g/mol. The topological polar surface area (TPSA) is 74.0 Å². The van der Waals surface area contributed by atoms with Crippen LogP contribution in [0.25, 0.3) is 11.3 Å². The molecule has 0 aliphatic heterocycles. The molecule has 7 heteroatoms. The van der Waals surface area contributed by atoms with Gasteiger partial charge in [-0.2, -0.15) is 10.2 Å². The number of carbonyl (C=O) groups excluding carboxylic acids is 1. The van der Waals surface area contributed by atoms with Gasteiger partial charge in [0.05, 0.1) is 12.8 Å². The largest absolute Gasteiger partial charge is 0.497 e. The lowest BCUT2D eigenvalue weighted by Gasteiger charge is -2.04. The van der Waals surface area contributed by atoms with Crippen molar-refractivity contribution in [1.29, 1.82) is 0 Å². The standard InChI is InChI=1S/C16H17N5O2/c1-20-14(7-8-17-20)16(22)18-15-10-13(19-21(15)2)11-5-4-6-12(9-11)23-3/h4-10H,1-3H3,(H,18,22). The zero-order valence-electron chi connectivity index (χ0n) is 13.1. The number of hydrogen-bond donors (Lipinski definition) is 1. The molecule has 7 nitrogen and oxygen atoms in total. The quantitative estimate of drug-likeness (QED) is 0.800. The third kappa shape index (κ3) is 2.94. The Balaban J connectivity index is 1.86. The van der Waals surface area contributed by atoms with Crippen LogP contribution < -0.4 is 10.1 Å². The molecule has 0 saturated heterocycles. The van der Waals surface area contributed by atoms with E-state index in [1.165, 1.54) is 4.68 Å². The van der Waals surface area contributed by atoms with E-state index in [4.69, 9.17) is 4.74 Å². The second-order valence-corrected chi connectivity index (χ2v) is 5.06. The monoisotopic (exact) mass is 311 g/mol. The van der Waals surface area contributed by atoms with Gasteiger partial charge in [-0.15, -0.1) is 0 Å². The number of nitrogens with zero attached hydrogens (tertiary/aromatic N) is 4. The molecule has 1 N–H and O–H groups in total. The third-order valence-corrected chi connectivity index (χ3v) is 3.54. The highest BCUT2D eigenvalue weighted by molar-refractivity contribution is 6.02. The lowest BCUT2D eigenvalue weighted by Crippen LogP contribution is -2.17. The first-order valence-electron chi connectivity index (χ1n) is 7.06. The number of aryl methyl sites for hydroxylation is 2. The van der Waals surface area contributed by atoms with Gasteiger partial charge in [0.2, 0.25) is 0 Å². The lowest BCUT2D eigenvalue weighted by atomic mass is 10.1. The van der Waals surface area contributed by atoms with E-state index in [9.17, 15) is 4.79 Å². The van der Waals surface area contributed by atoms with E-state index in [0.717, 1.165) is 17.0 Å². The Morgan fingerprint density at radius 2 is 2.00 bits per heavy atom. The van der Waals surface area contributed by atoms with Crippen LogP contribution in [0, 0.1) is 0 Å². The number of ether oxygens (including phenoxy) is 1. The summed E-state index contributed by atoms with van der Waals surface area (Å²) in [6.45, 7) is 0. The van der Waals surface area contributed by atoms with Crippen LogP contribution >= 0.6 is 0 Å². The van der Waals surface area contributed by atoms with Crippen LogP contribution in [0.4, 0.5) is 5.82 Å². The van der Waals surface area contributed by atoms with E-state index in [0.29, 0.717) is 11.5 Å². The number of aromatic nitrogens is 4. The molecule has 2 heterocycles. The number of anilines is 1. The minimum absolute atomic E-state index is 0.231. The second kappa shape index (κ2) is 5.96. The summed E-state index contributed by atoms with van der Waals surface area (Å²) in [5.74, 6) is 1.13. The van der Waals surface area contributed by atoms with Crippen LogP contribution in [0.15, 0.2) is 42.6 Å². The van der Waals surface area contributed by atoms with Crippen molar-refractivity contribution >= 4 is 11.7 Å². The maximum absolute atomic E-state index is 12.3. The maximum Gasteiger partial charge on any atom is 0.275 e. The smallest absolute Gasteiger partial charge is 0.275 e. The number of hydrogen-bond acceptors (Lipinski definition) is 4. The Labute approximate surface area is 133 Å². The van der Waals surface area contributed by atoms with Gasteiger partial charge in [0.1, 0.15) is 17.3 Å². The van der Waals surface area contributed by atoms with Gasteiger partial charge in [-0.05, 0) is 18.2 Å². The van der Waals surface area contributed by atoms with Crippen molar-refractivity contribution in [2.24, 2.45) is 14.1 Å². The molecule has 0 saturated carbocycles. The first-order chi connectivity index (χ1) is 11.1. The van der Waals surface area contributed by atoms with Gasteiger partial charge in [-0.3, -0.25) is 14.2 Å². The predicted molar refractivity (Wildman–Crippen MR) is 86.4 cm³/mol. The van der Waals surface area contributed by atoms with E-state index < -0.39 is 0 Å². The fraction of sp³-hybridized carbons (Fsp3) is 0.188. The SMILES string of the molecule is COc1cccc(-c2cc(NC(=O)c3ccnn3C)n(C)n2)c1. The molecule has 0 unspecified atom stereocenters. The van der Waals surface area contributed by atoms with Crippen molar-refractivity contribution < 1.29 is 9.53 Å². The number of benzene rings is 1. The van der Waals surface area contributed by atoms with Crippen molar-refractivity contribution in [2.75, 3.05) is 12.4 Å². The van der Waals surface area contributed by atoms with E-state index >= 15 is 0 Å². The van der Waals surface area contributed by atoms with Crippen LogP contribution in [0.3, 0.4) is 0 Å². The van der Waals surface area contributed by atoms with Crippen molar-refractivity contribution in [2.45, 2.75) is 0 Å². The fourth-order valence-corrected chi connectivity index (χ4v) is 2.28. The molecule has 23 heavy (non-hydrogen) atoms. The predicted octanol–water partition coefficient (Wildman–Crippen LogP) is 2.08. The van der Waals surface area contributed by atoms with Gasteiger partial charge < -0.3 is 10.1 Å². The Hall–Kier alpha value is -3.09. The van der Waals surface area contributed by atoms with Gasteiger partial charge in [0, 0.05) is 31.9 Å². The van der Waals surface area contributed by atoms with Gasteiger partial charge >= 0.3 is 0 Å². The summed E-state index contributed by atoms with van der Waals surface area (Å²) >= 11 is 0. The normalized spacial score (nSPS) is 10.6. The molecule has 1 aromatic carbocycles. The maximum atomic E-state index is 12.3. The zero-order chi connectivity index (χ0) is 16.4. The molecule has 118 valence electrons. The van der Waals surface area contributed by atoms with E-state index in [1.807, 2.05) is 30.3 Å². The van der Waals surface area contributed by atoms with Gasteiger partial charge in [0.25, 0.3) is 5.91 Å². The van der Waals surface area contributed by atoms with Crippen molar-refractivity contribution in [3.05, 3.63) is 48.3 Å². The first-order valence-corrected chi connectivity index (χ1v) is 7.06. The highest BCUT2D eigenvalue weighted by atomic mass is 16.5. The Kier molecular flexibility index (Phi) is 3.84. The molecule has 0 atom stereocenters. The minimum atomic E-state index is -0.231. The summed E-state index contributed by atoms with van der Waals surface area (Å²) in [7, 11) is 5.12. The lowest BCUT2D eigenvalue weighted by molar-refractivity contribution is 0.101. The molecule has 0 radical (unpaired) electrons.